The van der Waals surface area contributed by atoms with E-state index in [4.69, 9.17) is 0 Å². The van der Waals surface area contributed by atoms with Crippen LogP contribution < -0.4 is 10.6 Å². The molecule has 88 valence electrons. The summed E-state index contributed by atoms with van der Waals surface area (Å²) in [6, 6.07) is 9.00. The van der Waals surface area contributed by atoms with E-state index in [9.17, 15) is 4.79 Å². The zero-order chi connectivity index (χ0) is 12.5. The van der Waals surface area contributed by atoms with Gasteiger partial charge in [0.25, 0.3) is 0 Å². The van der Waals surface area contributed by atoms with Gasteiger partial charge in [0.2, 0.25) is 0 Å². The highest BCUT2D eigenvalue weighted by Crippen LogP contribution is 2.04. The second-order valence-corrected chi connectivity index (χ2v) is 3.30. The lowest BCUT2D eigenvalue weighted by Gasteiger charge is -2.07. The SMILES string of the molecule is C=C/C=C(\C=C/C)NC(=O)Nc1ccccc1. The summed E-state index contributed by atoms with van der Waals surface area (Å²) in [4.78, 5) is 11.6. The van der Waals surface area contributed by atoms with Crippen LogP contribution in [0.4, 0.5) is 10.5 Å². The molecule has 0 atom stereocenters. The van der Waals surface area contributed by atoms with Gasteiger partial charge in [0, 0.05) is 11.4 Å². The molecule has 1 rings (SSSR count). The first-order valence-electron chi connectivity index (χ1n) is 5.34. The van der Waals surface area contributed by atoms with Crippen LogP contribution in [0.25, 0.3) is 0 Å². The fourth-order valence-electron chi connectivity index (χ4n) is 1.26. The van der Waals surface area contributed by atoms with Crippen LogP contribution in [0.5, 0.6) is 0 Å². The van der Waals surface area contributed by atoms with E-state index in [1.165, 1.54) is 0 Å². The van der Waals surface area contributed by atoms with Gasteiger partial charge in [-0.1, -0.05) is 36.9 Å². The van der Waals surface area contributed by atoms with Crippen molar-refractivity contribution in [1.29, 1.82) is 0 Å². The van der Waals surface area contributed by atoms with Crippen LogP contribution in [0.15, 0.2) is 66.9 Å². The fourth-order valence-corrected chi connectivity index (χ4v) is 1.26. The van der Waals surface area contributed by atoms with Gasteiger partial charge in [0.05, 0.1) is 0 Å². The van der Waals surface area contributed by atoms with E-state index in [1.54, 1.807) is 18.2 Å². The molecule has 0 aromatic heterocycles. The van der Waals surface area contributed by atoms with E-state index in [-0.39, 0.29) is 6.03 Å². The first-order valence-corrected chi connectivity index (χ1v) is 5.34. The zero-order valence-corrected chi connectivity index (χ0v) is 9.81. The molecule has 1 aromatic rings. The fraction of sp³-hybridized carbons (Fsp3) is 0.0714. The third kappa shape index (κ3) is 4.84. The van der Waals surface area contributed by atoms with Crippen LogP contribution >= 0.6 is 0 Å². The van der Waals surface area contributed by atoms with E-state index >= 15 is 0 Å². The number of hydrogen-bond donors (Lipinski definition) is 2. The normalized spacial score (nSPS) is 11.2. The highest BCUT2D eigenvalue weighted by atomic mass is 16.2. The average Bonchev–Trinajstić information content (AvgIpc) is 2.30. The Labute approximate surface area is 102 Å². The maximum Gasteiger partial charge on any atom is 0.323 e. The molecule has 0 saturated carbocycles. The number of benzene rings is 1. The highest BCUT2D eigenvalue weighted by molar-refractivity contribution is 5.90. The Balaban J connectivity index is 2.60. The Bertz CT molecular complexity index is 433. The van der Waals surface area contributed by atoms with Gasteiger partial charge in [0.1, 0.15) is 0 Å². The second-order valence-electron chi connectivity index (χ2n) is 3.30. The van der Waals surface area contributed by atoms with E-state index < -0.39 is 0 Å². The van der Waals surface area contributed by atoms with Crippen LogP contribution in [0.2, 0.25) is 0 Å². The molecule has 3 heteroatoms. The molecule has 0 bridgehead atoms. The van der Waals surface area contributed by atoms with Gasteiger partial charge in [-0.3, -0.25) is 0 Å². The summed E-state index contributed by atoms with van der Waals surface area (Å²) >= 11 is 0. The number of allylic oxidation sites excluding steroid dienone is 4. The monoisotopic (exact) mass is 228 g/mol. The van der Waals surface area contributed by atoms with Crippen molar-refractivity contribution in [2.75, 3.05) is 5.32 Å². The summed E-state index contributed by atoms with van der Waals surface area (Å²) in [6.07, 6.45) is 6.99. The Hall–Kier alpha value is -2.29. The molecule has 0 unspecified atom stereocenters. The van der Waals surface area contributed by atoms with Gasteiger partial charge in [-0.25, -0.2) is 4.79 Å². The molecule has 0 fully saturated rings. The number of carbonyl (C=O) groups is 1. The molecule has 3 nitrogen and oxygen atoms in total. The minimum atomic E-state index is -0.276. The predicted octanol–water partition coefficient (Wildman–Crippen LogP) is 3.45. The second kappa shape index (κ2) is 7.06. The number of urea groups is 1. The van der Waals surface area contributed by atoms with Crippen LogP contribution in [-0.2, 0) is 0 Å². The summed E-state index contributed by atoms with van der Waals surface area (Å²) in [5, 5.41) is 5.45. The molecule has 0 aliphatic carbocycles. The predicted molar refractivity (Wildman–Crippen MR) is 71.7 cm³/mol. The molecule has 0 aliphatic heterocycles. The smallest absolute Gasteiger partial charge is 0.308 e. The molecule has 2 amide bonds. The van der Waals surface area contributed by atoms with Crippen molar-refractivity contribution in [3.63, 3.8) is 0 Å². The van der Waals surface area contributed by atoms with Crippen molar-refractivity contribution < 1.29 is 4.79 Å². The van der Waals surface area contributed by atoms with Gasteiger partial charge in [-0.05, 0) is 31.2 Å². The molecule has 0 heterocycles. The topological polar surface area (TPSA) is 41.1 Å². The van der Waals surface area contributed by atoms with Crippen molar-refractivity contribution >= 4 is 11.7 Å². The maximum atomic E-state index is 11.6. The quantitative estimate of drug-likeness (QED) is 0.761. The highest BCUT2D eigenvalue weighted by Gasteiger charge is 2.01. The summed E-state index contributed by atoms with van der Waals surface area (Å²) < 4.78 is 0. The summed E-state index contributed by atoms with van der Waals surface area (Å²) in [6.45, 7) is 5.47. The van der Waals surface area contributed by atoms with Gasteiger partial charge in [-0.15, -0.1) is 0 Å². The Kier molecular flexibility index (Phi) is 5.31. The van der Waals surface area contributed by atoms with E-state index in [1.807, 2.05) is 43.3 Å². The van der Waals surface area contributed by atoms with Gasteiger partial charge in [0.15, 0.2) is 0 Å². The van der Waals surface area contributed by atoms with Crippen molar-refractivity contribution in [3.05, 3.63) is 66.9 Å². The van der Waals surface area contributed by atoms with Gasteiger partial charge >= 0.3 is 6.03 Å². The Morgan fingerprint density at radius 1 is 1.29 bits per heavy atom. The first-order chi connectivity index (χ1) is 8.26. The molecule has 0 radical (unpaired) electrons. The number of hydrogen-bond acceptors (Lipinski definition) is 1. The van der Waals surface area contributed by atoms with Crippen molar-refractivity contribution in [3.8, 4) is 0 Å². The van der Waals surface area contributed by atoms with Gasteiger partial charge < -0.3 is 10.6 Å². The average molecular weight is 228 g/mol. The largest absolute Gasteiger partial charge is 0.323 e. The number of anilines is 1. The number of carbonyl (C=O) groups excluding carboxylic acids is 1. The number of rotatable bonds is 4. The van der Waals surface area contributed by atoms with Crippen molar-refractivity contribution in [2.24, 2.45) is 0 Å². The first kappa shape index (κ1) is 12.8. The van der Waals surface area contributed by atoms with Crippen molar-refractivity contribution in [2.45, 2.75) is 6.92 Å². The molecule has 17 heavy (non-hydrogen) atoms. The number of nitrogens with one attached hydrogen (secondary N) is 2. The van der Waals surface area contributed by atoms with Crippen LogP contribution in [-0.4, -0.2) is 6.03 Å². The minimum Gasteiger partial charge on any atom is -0.308 e. The van der Waals surface area contributed by atoms with Crippen LogP contribution in [0, 0.1) is 0 Å². The van der Waals surface area contributed by atoms with Crippen LogP contribution in [0.1, 0.15) is 6.92 Å². The van der Waals surface area contributed by atoms with E-state index in [0.29, 0.717) is 5.70 Å². The molecule has 0 saturated heterocycles. The Morgan fingerprint density at radius 3 is 2.59 bits per heavy atom. The minimum absolute atomic E-state index is 0.276. The van der Waals surface area contributed by atoms with Crippen LogP contribution in [0.3, 0.4) is 0 Å². The number of para-hydroxylation sites is 1. The van der Waals surface area contributed by atoms with E-state index in [2.05, 4.69) is 17.2 Å². The lowest BCUT2D eigenvalue weighted by molar-refractivity contribution is 0.254. The number of amides is 2. The summed E-state index contributed by atoms with van der Waals surface area (Å²) in [5.41, 5.74) is 1.44. The third-order valence-corrected chi connectivity index (χ3v) is 1.93. The molecule has 0 aliphatic rings. The van der Waals surface area contributed by atoms with E-state index in [0.717, 1.165) is 5.69 Å². The standard InChI is InChI=1S/C14H16N2O/c1-3-8-12(9-4-2)15-14(17)16-13-10-6-5-7-11-13/h3-11H,1H2,2H3,(H2,15,16,17)/b9-4-,12-8+. The summed E-state index contributed by atoms with van der Waals surface area (Å²) in [7, 11) is 0. The lowest BCUT2D eigenvalue weighted by Crippen LogP contribution is -2.27. The molecular weight excluding hydrogens is 212 g/mol. The zero-order valence-electron chi connectivity index (χ0n) is 9.81. The molecule has 2 N–H and O–H groups in total. The third-order valence-electron chi connectivity index (χ3n) is 1.93. The molecular formula is C14H16N2O. The maximum absolute atomic E-state index is 11.6. The van der Waals surface area contributed by atoms with Gasteiger partial charge in [-0.2, -0.15) is 0 Å². The molecule has 0 spiro atoms. The Morgan fingerprint density at radius 2 is 2.00 bits per heavy atom. The summed E-state index contributed by atoms with van der Waals surface area (Å²) in [5.74, 6) is 0. The molecule has 1 aromatic carbocycles. The van der Waals surface area contributed by atoms with Crippen molar-refractivity contribution in [1.82, 2.24) is 5.32 Å². The lowest BCUT2D eigenvalue weighted by atomic mass is 10.3.